The number of esters is 1. The number of rotatable bonds is 7. The zero-order chi connectivity index (χ0) is 18.4. The Labute approximate surface area is 164 Å². The molecular formula is C18H16N2O3S3. The number of carbonyl (C=O) groups is 1. The van der Waals surface area contributed by atoms with E-state index in [1.807, 2.05) is 37.3 Å². The molecule has 0 aliphatic carbocycles. The van der Waals surface area contributed by atoms with Gasteiger partial charge in [0, 0.05) is 0 Å². The van der Waals surface area contributed by atoms with Gasteiger partial charge in [0.2, 0.25) is 0 Å². The predicted octanol–water partition coefficient (Wildman–Crippen LogP) is 4.76. The smallest absolute Gasteiger partial charge is 0.321 e. The molecule has 0 atom stereocenters. The number of aromatic nitrogens is 2. The molecule has 1 heterocycles. The van der Waals surface area contributed by atoms with Gasteiger partial charge in [-0.1, -0.05) is 41.3 Å². The Hall–Kier alpha value is -2.16. The van der Waals surface area contributed by atoms with Crippen LogP contribution >= 0.6 is 35.3 Å². The van der Waals surface area contributed by atoms with Crippen LogP contribution < -0.4 is 9.47 Å². The highest BCUT2D eigenvalue weighted by atomic mass is 32.2. The van der Waals surface area contributed by atoms with Crippen LogP contribution in [0, 0.1) is 3.95 Å². The zero-order valence-electron chi connectivity index (χ0n) is 14.0. The molecule has 26 heavy (non-hydrogen) atoms. The van der Waals surface area contributed by atoms with Crippen LogP contribution in [0.2, 0.25) is 0 Å². The van der Waals surface area contributed by atoms with Crippen LogP contribution in [0.4, 0.5) is 0 Å². The van der Waals surface area contributed by atoms with Crippen molar-refractivity contribution in [3.63, 3.8) is 0 Å². The summed E-state index contributed by atoms with van der Waals surface area (Å²) >= 11 is 8.03. The molecule has 0 N–H and O–H groups in total. The fraction of sp³-hybridized carbons (Fsp3) is 0.167. The molecule has 3 rings (SSSR count). The summed E-state index contributed by atoms with van der Waals surface area (Å²) in [7, 11) is 0. The van der Waals surface area contributed by atoms with Crippen LogP contribution in [0.15, 0.2) is 58.9 Å². The number of ether oxygens (including phenoxy) is 2. The van der Waals surface area contributed by atoms with E-state index in [1.165, 1.54) is 23.1 Å². The van der Waals surface area contributed by atoms with Crippen molar-refractivity contribution in [2.45, 2.75) is 11.3 Å². The minimum absolute atomic E-state index is 0.157. The third kappa shape index (κ3) is 4.94. The summed E-state index contributed by atoms with van der Waals surface area (Å²) in [5.41, 5.74) is 0.901. The Morgan fingerprint density at radius 1 is 1.15 bits per heavy atom. The van der Waals surface area contributed by atoms with Crippen molar-refractivity contribution in [1.82, 2.24) is 9.78 Å². The molecule has 0 spiro atoms. The fourth-order valence-corrected chi connectivity index (χ4v) is 4.24. The molecule has 0 amide bonds. The van der Waals surface area contributed by atoms with E-state index in [9.17, 15) is 4.79 Å². The molecule has 0 fully saturated rings. The number of carbonyl (C=O) groups excluding carboxylic acids is 1. The summed E-state index contributed by atoms with van der Waals surface area (Å²) < 4.78 is 13.7. The second kappa shape index (κ2) is 8.98. The van der Waals surface area contributed by atoms with E-state index in [4.69, 9.17) is 21.7 Å². The Morgan fingerprint density at radius 2 is 1.85 bits per heavy atom. The van der Waals surface area contributed by atoms with E-state index in [-0.39, 0.29) is 11.7 Å². The number of thioether (sulfide) groups is 1. The number of para-hydroxylation sites is 1. The van der Waals surface area contributed by atoms with Crippen molar-refractivity contribution in [2.24, 2.45) is 0 Å². The Balaban J connectivity index is 1.57. The Kier molecular flexibility index (Phi) is 6.43. The van der Waals surface area contributed by atoms with Gasteiger partial charge in [-0.2, -0.15) is 0 Å². The first kappa shape index (κ1) is 18.6. The Morgan fingerprint density at radius 3 is 2.54 bits per heavy atom. The quantitative estimate of drug-likeness (QED) is 0.245. The monoisotopic (exact) mass is 404 g/mol. The van der Waals surface area contributed by atoms with Gasteiger partial charge < -0.3 is 9.47 Å². The van der Waals surface area contributed by atoms with E-state index in [0.29, 0.717) is 16.3 Å². The van der Waals surface area contributed by atoms with Gasteiger partial charge in [0.05, 0.1) is 18.0 Å². The first-order valence-electron chi connectivity index (χ1n) is 7.87. The normalized spacial score (nSPS) is 10.5. The molecule has 1 aromatic heterocycles. The summed E-state index contributed by atoms with van der Waals surface area (Å²) in [5, 5.41) is 4.46. The van der Waals surface area contributed by atoms with Crippen LogP contribution in [-0.2, 0) is 4.79 Å². The van der Waals surface area contributed by atoms with Crippen LogP contribution in [0.1, 0.15) is 6.92 Å². The summed E-state index contributed by atoms with van der Waals surface area (Å²) in [6.07, 6.45) is 0. The average molecular weight is 405 g/mol. The highest BCUT2D eigenvalue weighted by Gasteiger charge is 2.11. The van der Waals surface area contributed by atoms with Crippen molar-refractivity contribution in [3.05, 3.63) is 58.6 Å². The lowest BCUT2D eigenvalue weighted by molar-refractivity contribution is -0.131. The number of benzene rings is 2. The maximum atomic E-state index is 12.0. The second-order valence-electron chi connectivity index (χ2n) is 5.05. The van der Waals surface area contributed by atoms with Crippen molar-refractivity contribution >= 4 is 41.3 Å². The summed E-state index contributed by atoms with van der Waals surface area (Å²) in [5.74, 6) is 1.05. The third-order valence-corrected chi connectivity index (χ3v) is 5.55. The largest absolute Gasteiger partial charge is 0.494 e. The van der Waals surface area contributed by atoms with Crippen LogP contribution in [0.25, 0.3) is 5.69 Å². The minimum Gasteiger partial charge on any atom is -0.494 e. The molecule has 0 saturated carbocycles. The summed E-state index contributed by atoms with van der Waals surface area (Å²) in [6, 6.07) is 16.6. The number of hydrogen-bond donors (Lipinski definition) is 0. The third-order valence-electron chi connectivity index (χ3n) is 3.21. The molecule has 134 valence electrons. The van der Waals surface area contributed by atoms with Gasteiger partial charge in [0.25, 0.3) is 0 Å². The highest BCUT2D eigenvalue weighted by Crippen LogP contribution is 2.25. The van der Waals surface area contributed by atoms with E-state index in [2.05, 4.69) is 5.10 Å². The van der Waals surface area contributed by atoms with Crippen LogP contribution in [0.3, 0.4) is 0 Å². The van der Waals surface area contributed by atoms with Crippen LogP contribution in [-0.4, -0.2) is 28.1 Å². The topological polar surface area (TPSA) is 53.4 Å². The van der Waals surface area contributed by atoms with Gasteiger partial charge >= 0.3 is 5.97 Å². The average Bonchev–Trinajstić information content (AvgIpc) is 3.03. The van der Waals surface area contributed by atoms with Crippen LogP contribution in [0.5, 0.6) is 11.5 Å². The maximum Gasteiger partial charge on any atom is 0.321 e. The zero-order valence-corrected chi connectivity index (χ0v) is 16.4. The molecule has 0 bridgehead atoms. The predicted molar refractivity (Wildman–Crippen MR) is 106 cm³/mol. The molecule has 0 radical (unpaired) electrons. The van der Waals surface area contributed by atoms with Gasteiger partial charge in [0.15, 0.2) is 8.29 Å². The first-order valence-corrected chi connectivity index (χ1v) is 10.1. The minimum atomic E-state index is -0.341. The summed E-state index contributed by atoms with van der Waals surface area (Å²) in [6.45, 7) is 2.51. The number of hydrogen-bond acceptors (Lipinski definition) is 7. The van der Waals surface area contributed by atoms with Crippen molar-refractivity contribution in [3.8, 4) is 17.2 Å². The van der Waals surface area contributed by atoms with Gasteiger partial charge in [-0.05, 0) is 55.5 Å². The molecule has 0 aliphatic rings. The molecule has 0 unspecified atom stereocenters. The van der Waals surface area contributed by atoms with Crippen molar-refractivity contribution in [1.29, 1.82) is 0 Å². The van der Waals surface area contributed by atoms with Crippen molar-refractivity contribution in [2.75, 3.05) is 12.4 Å². The van der Waals surface area contributed by atoms with Gasteiger partial charge in [-0.25, -0.2) is 4.68 Å². The standard InChI is InChI=1S/C18H16N2O3S3/c1-2-22-14-8-10-15(11-9-14)23-16(21)12-25-17-19-20(18(24)26-17)13-6-4-3-5-7-13/h3-11H,2,12H2,1H3. The van der Waals surface area contributed by atoms with E-state index < -0.39 is 0 Å². The van der Waals surface area contributed by atoms with Crippen molar-refractivity contribution < 1.29 is 14.3 Å². The second-order valence-corrected chi connectivity index (χ2v) is 7.89. The fourth-order valence-electron chi connectivity index (χ4n) is 2.10. The van der Waals surface area contributed by atoms with E-state index in [1.54, 1.807) is 28.9 Å². The SMILES string of the molecule is CCOc1ccc(OC(=O)CSc2nn(-c3ccccc3)c(=S)s2)cc1. The molecular weight excluding hydrogens is 388 g/mol. The molecule has 8 heteroatoms. The highest BCUT2D eigenvalue weighted by molar-refractivity contribution is 8.01. The number of nitrogens with zero attached hydrogens (tertiary/aromatic N) is 2. The van der Waals surface area contributed by atoms with E-state index >= 15 is 0 Å². The molecule has 0 saturated heterocycles. The lowest BCUT2D eigenvalue weighted by atomic mass is 10.3. The molecule has 0 aliphatic heterocycles. The molecule has 2 aromatic carbocycles. The van der Waals surface area contributed by atoms with Gasteiger partial charge in [-0.15, -0.1) is 5.10 Å². The van der Waals surface area contributed by atoms with Gasteiger partial charge in [-0.3, -0.25) is 4.79 Å². The first-order chi connectivity index (χ1) is 12.7. The summed E-state index contributed by atoms with van der Waals surface area (Å²) in [4.78, 5) is 12.0. The van der Waals surface area contributed by atoms with E-state index in [0.717, 1.165) is 15.8 Å². The van der Waals surface area contributed by atoms with Gasteiger partial charge in [0.1, 0.15) is 11.5 Å². The maximum absolute atomic E-state index is 12.0. The lowest BCUT2D eigenvalue weighted by Crippen LogP contribution is -2.10. The lowest BCUT2D eigenvalue weighted by Gasteiger charge is -2.05. The Bertz CT molecular complexity index is 921. The molecule has 5 nitrogen and oxygen atoms in total. The molecule has 3 aromatic rings.